The van der Waals surface area contributed by atoms with Crippen molar-refractivity contribution in [3.8, 4) is 0 Å². The number of ether oxygens (including phenoxy) is 1. The first kappa shape index (κ1) is 20.8. The molecule has 5 nitrogen and oxygen atoms in total. The van der Waals surface area contributed by atoms with Gasteiger partial charge >= 0.3 is 5.97 Å². The van der Waals surface area contributed by atoms with Crippen LogP contribution in [0.5, 0.6) is 0 Å². The Morgan fingerprint density at radius 1 is 0.966 bits per heavy atom. The summed E-state index contributed by atoms with van der Waals surface area (Å²) >= 11 is 0. The van der Waals surface area contributed by atoms with E-state index in [1.807, 2.05) is 19.1 Å². The summed E-state index contributed by atoms with van der Waals surface area (Å²) in [4.78, 5) is 14.7. The van der Waals surface area contributed by atoms with Crippen LogP contribution < -0.4 is 0 Å². The third-order valence-corrected chi connectivity index (χ3v) is 5.27. The molecular formula is C24H29N3O2. The highest BCUT2D eigenvalue weighted by Crippen LogP contribution is 2.23. The molecular weight excluding hydrogens is 362 g/mol. The van der Waals surface area contributed by atoms with Crippen LogP contribution in [0.4, 0.5) is 0 Å². The lowest BCUT2D eigenvalue weighted by Gasteiger charge is -2.34. The monoisotopic (exact) mass is 391 g/mol. The molecule has 0 aliphatic rings. The van der Waals surface area contributed by atoms with Crippen LogP contribution in [0, 0.1) is 0 Å². The maximum atomic E-state index is 12.3. The first-order valence-electron chi connectivity index (χ1n) is 10.1. The minimum Gasteiger partial charge on any atom is -0.461 e. The third kappa shape index (κ3) is 5.33. The number of aromatic nitrogens is 2. The maximum Gasteiger partial charge on any atom is 0.356 e. The number of carbonyl (C=O) groups is 1. The van der Waals surface area contributed by atoms with Gasteiger partial charge in [0.2, 0.25) is 0 Å². The predicted molar refractivity (Wildman–Crippen MR) is 114 cm³/mol. The molecule has 2 aromatic carbocycles. The van der Waals surface area contributed by atoms with Gasteiger partial charge in [-0.05, 0) is 38.0 Å². The molecule has 1 aromatic heterocycles. The second-order valence-electron chi connectivity index (χ2n) is 7.24. The third-order valence-electron chi connectivity index (χ3n) is 5.27. The van der Waals surface area contributed by atoms with Crippen LogP contribution in [0.1, 0.15) is 48.4 Å². The molecule has 3 aromatic rings. The normalized spacial score (nSPS) is 13.2. The highest BCUT2D eigenvalue weighted by atomic mass is 16.5. The fourth-order valence-electron chi connectivity index (χ4n) is 3.49. The van der Waals surface area contributed by atoms with Crippen LogP contribution in [0.15, 0.2) is 72.9 Å². The summed E-state index contributed by atoms with van der Waals surface area (Å²) in [6, 6.07) is 22.8. The van der Waals surface area contributed by atoms with Gasteiger partial charge in [0.1, 0.15) is 5.69 Å². The van der Waals surface area contributed by atoms with Crippen molar-refractivity contribution in [3.63, 3.8) is 0 Å². The van der Waals surface area contributed by atoms with Crippen LogP contribution >= 0.6 is 0 Å². The maximum absolute atomic E-state index is 12.3. The van der Waals surface area contributed by atoms with E-state index in [1.54, 1.807) is 16.9 Å². The smallest absolute Gasteiger partial charge is 0.356 e. The van der Waals surface area contributed by atoms with Gasteiger partial charge in [0.05, 0.1) is 12.6 Å². The van der Waals surface area contributed by atoms with E-state index < -0.39 is 0 Å². The van der Waals surface area contributed by atoms with E-state index in [9.17, 15) is 4.79 Å². The molecule has 0 N–H and O–H groups in total. The topological polar surface area (TPSA) is 47.4 Å². The zero-order valence-corrected chi connectivity index (χ0v) is 17.4. The summed E-state index contributed by atoms with van der Waals surface area (Å²) < 4.78 is 6.98. The van der Waals surface area contributed by atoms with Gasteiger partial charge in [-0.3, -0.25) is 9.58 Å². The van der Waals surface area contributed by atoms with E-state index in [2.05, 4.69) is 72.4 Å². The van der Waals surface area contributed by atoms with Gasteiger partial charge in [0.25, 0.3) is 0 Å². The summed E-state index contributed by atoms with van der Waals surface area (Å²) in [7, 11) is 0. The van der Waals surface area contributed by atoms with Gasteiger partial charge in [0, 0.05) is 25.3 Å². The fourth-order valence-corrected chi connectivity index (χ4v) is 3.49. The fraction of sp³-hybridized carbons (Fsp3) is 0.333. The van der Waals surface area contributed by atoms with Crippen molar-refractivity contribution in [2.45, 2.75) is 45.9 Å². The van der Waals surface area contributed by atoms with E-state index in [0.29, 0.717) is 12.3 Å². The molecule has 0 saturated heterocycles. The SMILES string of the molecule is CCOC(=O)c1ccnn1[C@@H](C)[C@H](C)N(Cc1ccccc1)Cc1ccccc1. The van der Waals surface area contributed by atoms with Gasteiger partial charge in [-0.2, -0.15) is 5.10 Å². The van der Waals surface area contributed by atoms with Crippen molar-refractivity contribution < 1.29 is 9.53 Å². The van der Waals surface area contributed by atoms with Crippen LogP contribution in [0.25, 0.3) is 0 Å². The number of hydrogen-bond donors (Lipinski definition) is 0. The molecule has 29 heavy (non-hydrogen) atoms. The molecule has 2 atom stereocenters. The predicted octanol–water partition coefficient (Wildman–Crippen LogP) is 4.71. The average molecular weight is 392 g/mol. The minimum atomic E-state index is -0.332. The van der Waals surface area contributed by atoms with Gasteiger partial charge in [-0.1, -0.05) is 60.7 Å². The Hall–Kier alpha value is -2.92. The Balaban J connectivity index is 1.84. The van der Waals surface area contributed by atoms with Crippen molar-refractivity contribution in [2.24, 2.45) is 0 Å². The molecule has 0 spiro atoms. The molecule has 0 saturated carbocycles. The summed E-state index contributed by atoms with van der Waals surface area (Å²) in [5, 5.41) is 4.43. The van der Waals surface area contributed by atoms with Crippen molar-refractivity contribution in [1.29, 1.82) is 0 Å². The van der Waals surface area contributed by atoms with E-state index in [4.69, 9.17) is 4.74 Å². The molecule has 3 rings (SSSR count). The molecule has 0 aliphatic carbocycles. The van der Waals surface area contributed by atoms with Gasteiger partial charge in [0.15, 0.2) is 0 Å². The number of esters is 1. The number of nitrogens with zero attached hydrogens (tertiary/aromatic N) is 3. The summed E-state index contributed by atoms with van der Waals surface area (Å²) in [6.07, 6.45) is 1.66. The molecule has 0 unspecified atom stereocenters. The first-order valence-corrected chi connectivity index (χ1v) is 10.1. The molecule has 5 heteroatoms. The Kier molecular flexibility index (Phi) is 7.19. The molecule has 0 aliphatic heterocycles. The van der Waals surface area contributed by atoms with E-state index in [0.717, 1.165) is 13.1 Å². The second kappa shape index (κ2) is 10.0. The summed E-state index contributed by atoms with van der Waals surface area (Å²) in [5.41, 5.74) is 3.01. The van der Waals surface area contributed by atoms with E-state index in [-0.39, 0.29) is 18.1 Å². The van der Waals surface area contributed by atoms with Crippen LogP contribution in [-0.2, 0) is 17.8 Å². The van der Waals surface area contributed by atoms with Crippen LogP contribution in [0.2, 0.25) is 0 Å². The molecule has 0 amide bonds. The highest BCUT2D eigenvalue weighted by Gasteiger charge is 2.26. The lowest BCUT2D eigenvalue weighted by molar-refractivity contribution is 0.0501. The van der Waals surface area contributed by atoms with Gasteiger partial charge in [-0.15, -0.1) is 0 Å². The van der Waals surface area contributed by atoms with Gasteiger partial charge in [-0.25, -0.2) is 4.79 Å². The largest absolute Gasteiger partial charge is 0.461 e. The quantitative estimate of drug-likeness (QED) is 0.496. The number of benzene rings is 2. The van der Waals surface area contributed by atoms with Crippen LogP contribution in [0.3, 0.4) is 0 Å². The first-order chi connectivity index (χ1) is 14.1. The van der Waals surface area contributed by atoms with Gasteiger partial charge < -0.3 is 4.74 Å². The molecule has 0 radical (unpaired) electrons. The molecule has 152 valence electrons. The van der Waals surface area contributed by atoms with Crippen LogP contribution in [-0.4, -0.2) is 33.3 Å². The lowest BCUT2D eigenvalue weighted by Crippen LogP contribution is -2.39. The number of carbonyl (C=O) groups excluding carboxylic acids is 1. The zero-order chi connectivity index (χ0) is 20.6. The average Bonchev–Trinajstić information content (AvgIpc) is 3.24. The Labute approximate surface area is 172 Å². The Morgan fingerprint density at radius 3 is 2.03 bits per heavy atom. The standard InChI is InChI=1S/C24H29N3O2/c1-4-29-24(28)23-15-16-25-27(23)20(3)19(2)26(17-21-11-7-5-8-12-21)18-22-13-9-6-10-14-22/h5-16,19-20H,4,17-18H2,1-3H3/t19-,20-/m0/s1. The van der Waals surface area contributed by atoms with Crippen molar-refractivity contribution in [3.05, 3.63) is 89.7 Å². The van der Waals surface area contributed by atoms with E-state index >= 15 is 0 Å². The zero-order valence-electron chi connectivity index (χ0n) is 17.4. The number of hydrogen-bond acceptors (Lipinski definition) is 4. The van der Waals surface area contributed by atoms with Crippen molar-refractivity contribution >= 4 is 5.97 Å². The minimum absolute atomic E-state index is 0.00293. The van der Waals surface area contributed by atoms with Crippen molar-refractivity contribution in [1.82, 2.24) is 14.7 Å². The van der Waals surface area contributed by atoms with Crippen molar-refractivity contribution in [2.75, 3.05) is 6.61 Å². The summed E-state index contributed by atoms with van der Waals surface area (Å²) in [6.45, 7) is 8.08. The second-order valence-corrected chi connectivity index (χ2v) is 7.24. The molecule has 0 bridgehead atoms. The lowest BCUT2D eigenvalue weighted by atomic mass is 10.1. The highest BCUT2D eigenvalue weighted by molar-refractivity contribution is 5.87. The summed E-state index contributed by atoms with van der Waals surface area (Å²) in [5.74, 6) is -0.332. The molecule has 1 heterocycles. The van der Waals surface area contributed by atoms with E-state index in [1.165, 1.54) is 11.1 Å². The Morgan fingerprint density at radius 2 is 1.52 bits per heavy atom. The Bertz CT molecular complexity index is 851. The number of rotatable bonds is 9. The molecule has 0 fully saturated rings.